The highest BCUT2D eigenvalue weighted by Gasteiger charge is 2.47. The van der Waals surface area contributed by atoms with E-state index in [0.29, 0.717) is 27.4 Å². The molecule has 1 saturated heterocycles. The van der Waals surface area contributed by atoms with E-state index < -0.39 is 22.0 Å². The lowest BCUT2D eigenvalue weighted by Crippen LogP contribution is -2.52. The molecule has 1 aliphatic carbocycles. The van der Waals surface area contributed by atoms with Crippen molar-refractivity contribution in [2.24, 2.45) is 0 Å². The van der Waals surface area contributed by atoms with Crippen molar-refractivity contribution < 1.29 is 18.3 Å². The highest BCUT2D eigenvalue weighted by molar-refractivity contribution is 7.90. The molecule has 1 fully saturated rings. The first-order valence-electron chi connectivity index (χ1n) is 10.8. The molecule has 0 spiro atoms. The van der Waals surface area contributed by atoms with Gasteiger partial charge >= 0.3 is 0 Å². The van der Waals surface area contributed by atoms with E-state index >= 15 is 0 Å². The van der Waals surface area contributed by atoms with Gasteiger partial charge in [-0.15, -0.1) is 0 Å². The Bertz CT molecular complexity index is 1080. The lowest BCUT2D eigenvalue weighted by Gasteiger charge is -2.40. The summed E-state index contributed by atoms with van der Waals surface area (Å²) in [6, 6.07) is 9.79. The van der Waals surface area contributed by atoms with Gasteiger partial charge in [0.25, 0.3) is 0 Å². The summed E-state index contributed by atoms with van der Waals surface area (Å²) in [6.07, 6.45) is 1.95. The number of hydrogen-bond donors (Lipinski definition) is 2. The molecule has 2 aliphatic rings. The zero-order valence-corrected chi connectivity index (χ0v) is 20.4. The van der Waals surface area contributed by atoms with Gasteiger partial charge in [-0.1, -0.05) is 30.1 Å². The third-order valence-corrected chi connectivity index (χ3v) is 7.90. The van der Waals surface area contributed by atoms with Crippen LogP contribution >= 0.6 is 23.2 Å². The third kappa shape index (κ3) is 4.79. The molecule has 2 aromatic carbocycles. The van der Waals surface area contributed by atoms with E-state index in [1.807, 2.05) is 0 Å². The van der Waals surface area contributed by atoms with Gasteiger partial charge in [-0.05, 0) is 62.3 Å². The van der Waals surface area contributed by atoms with E-state index in [-0.39, 0.29) is 10.9 Å². The monoisotopic (exact) mass is 498 g/mol. The van der Waals surface area contributed by atoms with Gasteiger partial charge in [-0.3, -0.25) is 4.90 Å². The van der Waals surface area contributed by atoms with E-state index in [1.165, 1.54) is 18.4 Å². The topological polar surface area (TPSA) is 78.9 Å². The third-order valence-electron chi connectivity index (χ3n) is 6.24. The Labute approximate surface area is 199 Å². The fourth-order valence-corrected chi connectivity index (χ4v) is 6.09. The minimum atomic E-state index is -3.30. The molecule has 9 heteroatoms. The van der Waals surface area contributed by atoms with Crippen LogP contribution in [0.2, 0.25) is 10.0 Å². The van der Waals surface area contributed by atoms with Crippen molar-refractivity contribution in [3.8, 4) is 5.75 Å². The molecular weight excluding hydrogens is 471 g/mol. The van der Waals surface area contributed by atoms with Crippen molar-refractivity contribution in [2.45, 2.75) is 49.0 Å². The molecule has 0 unspecified atom stereocenters. The number of aliphatic hydroxyl groups excluding tert-OH is 1. The Balaban J connectivity index is 1.69. The van der Waals surface area contributed by atoms with Crippen LogP contribution in [0, 0.1) is 0 Å². The first kappa shape index (κ1) is 23.8. The van der Waals surface area contributed by atoms with Crippen LogP contribution in [-0.2, 0) is 9.84 Å². The van der Waals surface area contributed by atoms with E-state index in [1.54, 1.807) is 24.3 Å². The van der Waals surface area contributed by atoms with Crippen molar-refractivity contribution >= 4 is 33.0 Å². The average Bonchev–Trinajstić information content (AvgIpc) is 2.99. The second-order valence-corrected chi connectivity index (χ2v) is 11.4. The summed E-state index contributed by atoms with van der Waals surface area (Å²) in [5.41, 5.74) is 1.40. The van der Waals surface area contributed by atoms with E-state index in [9.17, 15) is 13.5 Å². The number of likely N-dealkylation sites (N-methyl/N-ethyl adjacent to an activating group) is 1. The maximum Gasteiger partial charge on any atom is 0.175 e. The number of nitrogens with zero attached hydrogens (tertiary/aromatic N) is 1. The first-order chi connectivity index (χ1) is 15.2. The number of fused-ring (bicyclic) bond motifs is 1. The second kappa shape index (κ2) is 9.49. The Morgan fingerprint density at radius 1 is 1.22 bits per heavy atom. The van der Waals surface area contributed by atoms with Crippen LogP contribution in [-0.4, -0.2) is 56.4 Å². The summed E-state index contributed by atoms with van der Waals surface area (Å²) in [5, 5.41) is 15.7. The summed E-state index contributed by atoms with van der Waals surface area (Å²) in [5.74, 6) is 0.517. The fraction of sp³-hybridized carbons (Fsp3) is 0.478. The maximum absolute atomic E-state index is 11.8. The van der Waals surface area contributed by atoms with Crippen molar-refractivity contribution in [1.29, 1.82) is 0 Å². The van der Waals surface area contributed by atoms with Gasteiger partial charge in [0.15, 0.2) is 9.84 Å². The first-order valence-corrected chi connectivity index (χ1v) is 13.4. The number of halogens is 2. The minimum absolute atomic E-state index is 0.226. The molecule has 0 aromatic heterocycles. The average molecular weight is 499 g/mol. The Hall–Kier alpha value is -1.35. The molecule has 174 valence electrons. The van der Waals surface area contributed by atoms with Gasteiger partial charge in [0.2, 0.25) is 0 Å². The summed E-state index contributed by atoms with van der Waals surface area (Å²) >= 11 is 12.8. The predicted molar refractivity (Wildman–Crippen MR) is 126 cm³/mol. The molecule has 4 atom stereocenters. The quantitative estimate of drug-likeness (QED) is 0.626. The summed E-state index contributed by atoms with van der Waals surface area (Å²) in [7, 11) is -3.30. The van der Waals surface area contributed by atoms with Crippen molar-refractivity contribution in [2.75, 3.05) is 25.9 Å². The van der Waals surface area contributed by atoms with Crippen LogP contribution in [0.25, 0.3) is 0 Å². The summed E-state index contributed by atoms with van der Waals surface area (Å²) in [4.78, 5) is 2.49. The van der Waals surface area contributed by atoms with E-state index in [4.69, 9.17) is 27.9 Å². The van der Waals surface area contributed by atoms with Crippen LogP contribution in [0.3, 0.4) is 0 Å². The molecule has 4 rings (SSSR count). The van der Waals surface area contributed by atoms with Gasteiger partial charge in [0.05, 0.1) is 10.9 Å². The summed E-state index contributed by atoms with van der Waals surface area (Å²) in [6.45, 7) is 4.62. The molecule has 6 nitrogen and oxygen atoms in total. The molecule has 2 N–H and O–H groups in total. The van der Waals surface area contributed by atoms with Crippen molar-refractivity contribution in [1.82, 2.24) is 10.2 Å². The van der Waals surface area contributed by atoms with Gasteiger partial charge in [0.1, 0.15) is 18.0 Å². The van der Waals surface area contributed by atoms with E-state index in [0.717, 1.165) is 38.0 Å². The lowest BCUT2D eigenvalue weighted by atomic mass is 10.00. The molecule has 1 aliphatic heterocycles. The molecule has 0 bridgehead atoms. The number of ether oxygens (including phenoxy) is 1. The standard InChI is InChI=1S/C23H28Cl2N2O4S/c1-3-26-15-5-4-10-27(13-15)21-22(28)20-18(11-14(24)12-19(20)25)23(21)31-16-6-8-17(9-7-16)32(2,29)30/h6-9,11-12,15,21-23,26,28H,3-5,10,13H2,1-2H3/t15-,21+,22-,23+/m1/s1. The lowest BCUT2D eigenvalue weighted by molar-refractivity contribution is -0.0156. The van der Waals surface area contributed by atoms with Crippen LogP contribution in [0.5, 0.6) is 5.75 Å². The Morgan fingerprint density at radius 2 is 1.94 bits per heavy atom. The Kier molecular flexibility index (Phi) is 7.05. The van der Waals surface area contributed by atoms with Crippen LogP contribution in [0.4, 0.5) is 0 Å². The van der Waals surface area contributed by atoms with Gasteiger partial charge < -0.3 is 15.2 Å². The fourth-order valence-electron chi connectivity index (χ4n) is 4.84. The number of benzene rings is 2. The Morgan fingerprint density at radius 3 is 2.59 bits per heavy atom. The molecule has 1 heterocycles. The molecule has 2 aromatic rings. The largest absolute Gasteiger partial charge is 0.484 e. The van der Waals surface area contributed by atoms with Crippen molar-refractivity contribution in [3.63, 3.8) is 0 Å². The number of aliphatic hydroxyl groups is 1. The molecule has 0 amide bonds. The zero-order valence-electron chi connectivity index (χ0n) is 18.1. The van der Waals surface area contributed by atoms with Crippen LogP contribution in [0.1, 0.15) is 43.1 Å². The van der Waals surface area contributed by atoms with Crippen LogP contribution < -0.4 is 10.1 Å². The number of hydrogen-bond acceptors (Lipinski definition) is 6. The number of likely N-dealkylation sites (tertiary alicyclic amines) is 1. The van der Waals surface area contributed by atoms with Gasteiger partial charge in [0, 0.05) is 40.0 Å². The number of sulfone groups is 1. The highest BCUT2D eigenvalue weighted by Crippen LogP contribution is 2.48. The summed E-state index contributed by atoms with van der Waals surface area (Å²) < 4.78 is 30.0. The van der Waals surface area contributed by atoms with Crippen LogP contribution in [0.15, 0.2) is 41.3 Å². The minimum Gasteiger partial charge on any atom is -0.484 e. The predicted octanol–water partition coefficient (Wildman–Crippen LogP) is 4.01. The molecule has 0 saturated carbocycles. The molecule has 0 radical (unpaired) electrons. The SMILES string of the molecule is CCN[C@@H]1CCCN([C@H]2[C@H](O)c3c(Cl)cc(Cl)cc3[C@@H]2Oc2ccc(S(C)(=O)=O)cc2)C1. The molecular formula is C23H28Cl2N2O4S. The smallest absolute Gasteiger partial charge is 0.175 e. The van der Waals surface area contributed by atoms with Crippen molar-refractivity contribution in [3.05, 3.63) is 57.6 Å². The normalized spacial score (nSPS) is 26.2. The zero-order chi connectivity index (χ0) is 23.0. The maximum atomic E-state index is 11.8. The highest BCUT2D eigenvalue weighted by atomic mass is 35.5. The second-order valence-electron chi connectivity index (χ2n) is 8.50. The number of nitrogens with one attached hydrogen (secondary N) is 1. The number of piperidine rings is 1. The van der Waals surface area contributed by atoms with E-state index in [2.05, 4.69) is 17.1 Å². The van der Waals surface area contributed by atoms with Gasteiger partial charge in [-0.25, -0.2) is 8.42 Å². The van der Waals surface area contributed by atoms with Gasteiger partial charge in [-0.2, -0.15) is 0 Å². The molecule has 32 heavy (non-hydrogen) atoms. The number of rotatable bonds is 6.